The lowest BCUT2D eigenvalue weighted by Crippen LogP contribution is -2.23. The van der Waals surface area contributed by atoms with Crippen LogP contribution in [0.2, 0.25) is 10.0 Å². The van der Waals surface area contributed by atoms with Crippen molar-refractivity contribution in [3.05, 3.63) is 99.5 Å². The second kappa shape index (κ2) is 11.7. The average molecular weight is 480 g/mol. The van der Waals surface area contributed by atoms with Crippen molar-refractivity contribution in [3.63, 3.8) is 0 Å². The summed E-state index contributed by atoms with van der Waals surface area (Å²) in [6, 6.07) is 22.5. The average Bonchev–Trinajstić information content (AvgIpc) is 2.81. The Bertz CT molecular complexity index is 1200. The fourth-order valence-electron chi connectivity index (χ4n) is 2.77. The lowest BCUT2D eigenvalue weighted by Gasteiger charge is -2.08. The molecule has 0 spiro atoms. The largest absolute Gasteiger partial charge is 0.484 e. The molecule has 3 rings (SSSR count). The zero-order valence-corrected chi connectivity index (χ0v) is 18.9. The van der Waals surface area contributed by atoms with Crippen LogP contribution in [0.4, 0.5) is 5.69 Å². The van der Waals surface area contributed by atoms with E-state index in [1.54, 1.807) is 72.8 Å². The predicted molar refractivity (Wildman–Crippen MR) is 129 cm³/mol. The molecule has 0 radical (unpaired) electrons. The smallest absolute Gasteiger partial charge is 0.262 e. The van der Waals surface area contributed by atoms with Crippen LogP contribution in [0.5, 0.6) is 5.75 Å². The Labute approximate surface area is 201 Å². The van der Waals surface area contributed by atoms with Crippen LogP contribution in [0, 0.1) is 11.3 Å². The van der Waals surface area contributed by atoms with Gasteiger partial charge in [0, 0.05) is 22.3 Å². The highest BCUT2D eigenvalue weighted by Crippen LogP contribution is 2.17. The van der Waals surface area contributed by atoms with Crippen molar-refractivity contribution < 1.29 is 14.3 Å². The number of hydrogen-bond acceptors (Lipinski definition) is 4. The highest BCUT2D eigenvalue weighted by atomic mass is 35.5. The van der Waals surface area contributed by atoms with E-state index in [2.05, 4.69) is 10.6 Å². The van der Waals surface area contributed by atoms with Crippen molar-refractivity contribution in [1.29, 1.82) is 5.26 Å². The lowest BCUT2D eigenvalue weighted by molar-refractivity contribution is -0.118. The quantitative estimate of drug-likeness (QED) is 0.341. The number of hydrogen-bond donors (Lipinski definition) is 2. The van der Waals surface area contributed by atoms with Crippen LogP contribution in [-0.4, -0.2) is 18.4 Å². The summed E-state index contributed by atoms with van der Waals surface area (Å²) in [6.07, 6.45) is 1.48. The first-order valence-electron chi connectivity index (χ1n) is 9.85. The van der Waals surface area contributed by atoms with Gasteiger partial charge in [0.15, 0.2) is 6.61 Å². The third-order valence-corrected chi connectivity index (χ3v) is 4.89. The zero-order chi connectivity index (χ0) is 23.6. The molecule has 0 atom stereocenters. The van der Waals surface area contributed by atoms with Crippen LogP contribution >= 0.6 is 23.2 Å². The molecule has 8 heteroatoms. The lowest BCUT2D eigenvalue weighted by atomic mass is 10.1. The van der Waals surface area contributed by atoms with Crippen molar-refractivity contribution in [2.45, 2.75) is 6.54 Å². The number of nitrogens with one attached hydrogen (secondary N) is 2. The van der Waals surface area contributed by atoms with Gasteiger partial charge < -0.3 is 15.4 Å². The molecule has 3 aromatic carbocycles. The standard InChI is InChI=1S/C25H19Cl2N3O3/c26-20-8-4-18(5-9-20)15-29-25(32)19(14-28)12-17-6-10-23(11-7-17)33-16-24(31)30-22-3-1-2-21(27)13-22/h1-13H,15-16H2,(H,29,32)(H,30,31)/b19-12+. The number of ether oxygens (including phenoxy) is 1. The van der Waals surface area contributed by atoms with Gasteiger partial charge in [0.1, 0.15) is 17.4 Å². The number of carbonyl (C=O) groups excluding carboxylic acids is 2. The second-order valence-corrected chi connectivity index (χ2v) is 7.77. The monoisotopic (exact) mass is 479 g/mol. The third kappa shape index (κ3) is 7.69. The minimum absolute atomic E-state index is 0.0291. The molecule has 0 saturated carbocycles. The number of amides is 2. The summed E-state index contributed by atoms with van der Waals surface area (Å²) in [5.41, 5.74) is 2.06. The van der Waals surface area contributed by atoms with Crippen molar-refractivity contribution in [2.24, 2.45) is 0 Å². The fraction of sp³-hybridized carbons (Fsp3) is 0.0800. The molecule has 2 N–H and O–H groups in total. The summed E-state index contributed by atoms with van der Waals surface area (Å²) in [7, 11) is 0. The maximum atomic E-state index is 12.3. The molecule has 0 bridgehead atoms. The first kappa shape index (κ1) is 23.9. The van der Waals surface area contributed by atoms with E-state index in [0.29, 0.717) is 27.0 Å². The molecule has 0 saturated heterocycles. The van der Waals surface area contributed by atoms with Gasteiger partial charge >= 0.3 is 0 Å². The zero-order valence-electron chi connectivity index (χ0n) is 17.3. The minimum Gasteiger partial charge on any atom is -0.484 e. The van der Waals surface area contributed by atoms with Crippen LogP contribution < -0.4 is 15.4 Å². The molecule has 3 aromatic rings. The summed E-state index contributed by atoms with van der Waals surface area (Å²) in [6.45, 7) is 0.0945. The van der Waals surface area contributed by atoms with Gasteiger partial charge in [-0.15, -0.1) is 0 Å². The van der Waals surface area contributed by atoms with Crippen LogP contribution in [0.1, 0.15) is 11.1 Å². The molecule has 0 aliphatic carbocycles. The van der Waals surface area contributed by atoms with E-state index in [4.69, 9.17) is 27.9 Å². The SMILES string of the molecule is N#C/C(=C\c1ccc(OCC(=O)Nc2cccc(Cl)c2)cc1)C(=O)NCc1ccc(Cl)cc1. The molecule has 0 aromatic heterocycles. The van der Waals surface area contributed by atoms with Gasteiger partial charge in [0.05, 0.1) is 0 Å². The van der Waals surface area contributed by atoms with Gasteiger partial charge in [0.25, 0.3) is 11.8 Å². The Morgan fingerprint density at radius 1 is 0.970 bits per heavy atom. The Hall–Kier alpha value is -3.79. The normalized spacial score (nSPS) is 10.8. The van der Waals surface area contributed by atoms with Gasteiger partial charge in [-0.3, -0.25) is 9.59 Å². The number of halogens is 2. The van der Waals surface area contributed by atoms with E-state index >= 15 is 0 Å². The number of rotatable bonds is 8. The van der Waals surface area contributed by atoms with Crippen molar-refractivity contribution in [2.75, 3.05) is 11.9 Å². The van der Waals surface area contributed by atoms with Gasteiger partial charge in [-0.1, -0.05) is 53.5 Å². The van der Waals surface area contributed by atoms with E-state index < -0.39 is 5.91 Å². The Kier molecular flexibility index (Phi) is 8.48. The summed E-state index contributed by atoms with van der Waals surface area (Å²) in [5, 5.41) is 15.9. The minimum atomic E-state index is -0.481. The Morgan fingerprint density at radius 3 is 2.36 bits per heavy atom. The van der Waals surface area contributed by atoms with Gasteiger partial charge in [-0.25, -0.2) is 0 Å². The number of anilines is 1. The maximum Gasteiger partial charge on any atom is 0.262 e. The maximum absolute atomic E-state index is 12.3. The summed E-state index contributed by atoms with van der Waals surface area (Å²) >= 11 is 11.7. The molecule has 166 valence electrons. The number of nitrogens with zero attached hydrogens (tertiary/aromatic N) is 1. The second-order valence-electron chi connectivity index (χ2n) is 6.90. The van der Waals surface area contributed by atoms with E-state index in [9.17, 15) is 14.9 Å². The first-order chi connectivity index (χ1) is 15.9. The molecule has 33 heavy (non-hydrogen) atoms. The molecule has 0 heterocycles. The molecular weight excluding hydrogens is 461 g/mol. The van der Waals surface area contributed by atoms with E-state index in [1.165, 1.54) is 6.08 Å². The molecule has 6 nitrogen and oxygen atoms in total. The summed E-state index contributed by atoms with van der Waals surface area (Å²) < 4.78 is 5.48. The molecule has 0 fully saturated rings. The van der Waals surface area contributed by atoms with Crippen molar-refractivity contribution in [3.8, 4) is 11.8 Å². The van der Waals surface area contributed by atoms with E-state index in [1.807, 2.05) is 6.07 Å². The Balaban J connectivity index is 1.53. The van der Waals surface area contributed by atoms with Gasteiger partial charge in [-0.2, -0.15) is 5.26 Å². The van der Waals surface area contributed by atoms with Crippen LogP contribution in [0.15, 0.2) is 78.4 Å². The number of carbonyl (C=O) groups is 2. The highest BCUT2D eigenvalue weighted by Gasteiger charge is 2.09. The first-order valence-corrected chi connectivity index (χ1v) is 10.6. The number of benzene rings is 3. The topological polar surface area (TPSA) is 91.2 Å². The molecule has 0 unspecified atom stereocenters. The van der Waals surface area contributed by atoms with Crippen LogP contribution in [0.25, 0.3) is 6.08 Å². The fourth-order valence-corrected chi connectivity index (χ4v) is 3.08. The summed E-state index contributed by atoms with van der Waals surface area (Å²) in [5.74, 6) is -0.338. The van der Waals surface area contributed by atoms with E-state index in [0.717, 1.165) is 5.56 Å². The summed E-state index contributed by atoms with van der Waals surface area (Å²) in [4.78, 5) is 24.4. The van der Waals surface area contributed by atoms with E-state index in [-0.39, 0.29) is 24.6 Å². The third-order valence-electron chi connectivity index (χ3n) is 4.40. The van der Waals surface area contributed by atoms with Crippen LogP contribution in [-0.2, 0) is 16.1 Å². The Morgan fingerprint density at radius 2 is 1.70 bits per heavy atom. The van der Waals surface area contributed by atoms with Crippen LogP contribution in [0.3, 0.4) is 0 Å². The molecular formula is C25H19Cl2N3O3. The highest BCUT2D eigenvalue weighted by molar-refractivity contribution is 6.31. The molecule has 0 aliphatic rings. The van der Waals surface area contributed by atoms with Gasteiger partial charge in [-0.05, 0) is 59.7 Å². The van der Waals surface area contributed by atoms with Crippen molar-refractivity contribution in [1.82, 2.24) is 5.32 Å². The molecule has 2 amide bonds. The predicted octanol–water partition coefficient (Wildman–Crippen LogP) is 5.23. The van der Waals surface area contributed by atoms with Crippen molar-refractivity contribution >= 4 is 46.8 Å². The van der Waals surface area contributed by atoms with Gasteiger partial charge in [0.2, 0.25) is 0 Å². The number of nitriles is 1. The molecule has 0 aliphatic heterocycles.